The van der Waals surface area contributed by atoms with Crippen LogP contribution in [0.3, 0.4) is 0 Å². The second kappa shape index (κ2) is 4.93. The number of hydrogen-bond acceptors (Lipinski definition) is 4. The van der Waals surface area contributed by atoms with E-state index in [1.807, 2.05) is 10.9 Å². The topological polar surface area (TPSA) is 68.8 Å². The fourth-order valence-electron chi connectivity index (χ4n) is 2.08. The summed E-state index contributed by atoms with van der Waals surface area (Å²) in [6.07, 6.45) is 6.02. The molecule has 16 heavy (non-hydrogen) atoms. The van der Waals surface area contributed by atoms with Crippen molar-refractivity contribution in [2.75, 3.05) is 13.1 Å². The summed E-state index contributed by atoms with van der Waals surface area (Å²) in [4.78, 5) is 0. The average Bonchev–Trinajstić information content (AvgIpc) is 2.70. The molecule has 1 aliphatic carbocycles. The zero-order valence-corrected chi connectivity index (χ0v) is 9.95. The molecule has 0 radical (unpaired) electrons. The largest absolute Gasteiger partial charge is 0.325 e. The molecule has 1 heterocycles. The van der Waals surface area contributed by atoms with Crippen LogP contribution in [0.1, 0.15) is 31.9 Å². The molecule has 5 nitrogen and oxygen atoms in total. The molecule has 0 saturated heterocycles. The van der Waals surface area contributed by atoms with Crippen molar-refractivity contribution in [3.05, 3.63) is 11.9 Å². The van der Waals surface area contributed by atoms with E-state index in [0.717, 1.165) is 25.3 Å². The summed E-state index contributed by atoms with van der Waals surface area (Å²) < 4.78 is 1.85. The summed E-state index contributed by atoms with van der Waals surface area (Å²) in [7, 11) is 0. The lowest BCUT2D eigenvalue weighted by atomic mass is 9.70. The number of nitrogens with two attached hydrogens (primary N) is 1. The molecule has 1 aromatic rings. The predicted octanol–water partition coefficient (Wildman–Crippen LogP) is 0.517. The highest BCUT2D eigenvalue weighted by atomic mass is 15.4. The molecule has 2 rings (SSSR count). The molecule has 0 bridgehead atoms. The van der Waals surface area contributed by atoms with E-state index >= 15 is 0 Å². The first kappa shape index (κ1) is 11.5. The average molecular weight is 223 g/mol. The molecule has 0 aromatic carbocycles. The quantitative estimate of drug-likeness (QED) is 0.690. The van der Waals surface area contributed by atoms with Gasteiger partial charge in [-0.3, -0.25) is 4.68 Å². The number of rotatable bonds is 6. The Bertz CT molecular complexity index is 329. The van der Waals surface area contributed by atoms with Crippen molar-refractivity contribution in [2.45, 2.75) is 39.3 Å². The Hall–Kier alpha value is -0.940. The maximum Gasteiger partial charge on any atom is 0.0962 e. The minimum atomic E-state index is 0.464. The third-order valence-corrected chi connectivity index (χ3v) is 3.43. The SMILES string of the molecule is CC1(CNCCn2cc(CN)nn2)CCC1. The van der Waals surface area contributed by atoms with E-state index in [2.05, 4.69) is 22.6 Å². The molecule has 0 atom stereocenters. The van der Waals surface area contributed by atoms with E-state index < -0.39 is 0 Å². The lowest BCUT2D eigenvalue weighted by Crippen LogP contribution is -2.38. The highest BCUT2D eigenvalue weighted by Crippen LogP contribution is 2.39. The highest BCUT2D eigenvalue weighted by molar-refractivity contribution is 4.90. The molecule has 1 aliphatic rings. The van der Waals surface area contributed by atoms with Gasteiger partial charge in [0.2, 0.25) is 0 Å². The van der Waals surface area contributed by atoms with Crippen LogP contribution in [-0.4, -0.2) is 28.1 Å². The van der Waals surface area contributed by atoms with Crippen molar-refractivity contribution in [1.82, 2.24) is 20.3 Å². The maximum absolute atomic E-state index is 5.47. The van der Waals surface area contributed by atoms with E-state index in [1.54, 1.807) is 0 Å². The molecular weight excluding hydrogens is 202 g/mol. The molecule has 90 valence electrons. The molecule has 0 amide bonds. The molecule has 1 saturated carbocycles. The first-order valence-electron chi connectivity index (χ1n) is 6.02. The molecule has 1 fully saturated rings. The van der Waals surface area contributed by atoms with Gasteiger partial charge in [-0.15, -0.1) is 5.10 Å². The summed E-state index contributed by atoms with van der Waals surface area (Å²) in [6.45, 7) is 5.74. The van der Waals surface area contributed by atoms with Crippen LogP contribution in [0, 0.1) is 5.41 Å². The fraction of sp³-hybridized carbons (Fsp3) is 0.818. The van der Waals surface area contributed by atoms with E-state index in [9.17, 15) is 0 Å². The number of hydrogen-bond donors (Lipinski definition) is 2. The lowest BCUT2D eigenvalue weighted by Gasteiger charge is -2.38. The van der Waals surface area contributed by atoms with Crippen molar-refractivity contribution in [3.63, 3.8) is 0 Å². The summed E-state index contributed by atoms with van der Waals surface area (Å²) >= 11 is 0. The van der Waals surface area contributed by atoms with Gasteiger partial charge in [0.15, 0.2) is 0 Å². The second-order valence-electron chi connectivity index (χ2n) is 5.02. The monoisotopic (exact) mass is 223 g/mol. The van der Waals surface area contributed by atoms with Crippen LogP contribution in [-0.2, 0) is 13.1 Å². The van der Waals surface area contributed by atoms with Crippen LogP contribution in [0.5, 0.6) is 0 Å². The Morgan fingerprint density at radius 2 is 2.38 bits per heavy atom. The smallest absolute Gasteiger partial charge is 0.0962 e. The van der Waals surface area contributed by atoms with E-state index in [0.29, 0.717) is 12.0 Å². The van der Waals surface area contributed by atoms with Crippen LogP contribution in [0.15, 0.2) is 6.20 Å². The van der Waals surface area contributed by atoms with Gasteiger partial charge in [-0.1, -0.05) is 18.6 Å². The first-order chi connectivity index (χ1) is 7.72. The third-order valence-electron chi connectivity index (χ3n) is 3.43. The molecule has 1 aromatic heterocycles. The molecule has 3 N–H and O–H groups in total. The zero-order chi connectivity index (χ0) is 11.4. The summed E-state index contributed by atoms with van der Waals surface area (Å²) in [5, 5.41) is 11.4. The van der Waals surface area contributed by atoms with Crippen LogP contribution in [0.4, 0.5) is 0 Å². The van der Waals surface area contributed by atoms with E-state index in [4.69, 9.17) is 5.73 Å². The fourth-order valence-corrected chi connectivity index (χ4v) is 2.08. The standard InChI is InChI=1S/C11H21N5/c1-11(3-2-4-11)9-13-5-6-16-8-10(7-12)14-15-16/h8,13H,2-7,9,12H2,1H3. The van der Waals surface area contributed by atoms with E-state index in [-0.39, 0.29) is 0 Å². The number of nitrogens with zero attached hydrogens (tertiary/aromatic N) is 3. The van der Waals surface area contributed by atoms with Gasteiger partial charge in [0.05, 0.1) is 12.2 Å². The predicted molar refractivity (Wildman–Crippen MR) is 62.7 cm³/mol. The Morgan fingerprint density at radius 1 is 1.56 bits per heavy atom. The van der Waals surface area contributed by atoms with Gasteiger partial charge in [-0.05, 0) is 18.3 Å². The van der Waals surface area contributed by atoms with Crippen molar-refractivity contribution < 1.29 is 0 Å². The van der Waals surface area contributed by atoms with Gasteiger partial charge in [-0.2, -0.15) is 0 Å². The summed E-state index contributed by atoms with van der Waals surface area (Å²) in [5.41, 5.74) is 6.87. The Morgan fingerprint density at radius 3 is 2.94 bits per heavy atom. The highest BCUT2D eigenvalue weighted by Gasteiger charge is 2.30. The minimum Gasteiger partial charge on any atom is -0.325 e. The van der Waals surface area contributed by atoms with Crippen LogP contribution < -0.4 is 11.1 Å². The normalized spacial score (nSPS) is 18.4. The van der Waals surface area contributed by atoms with Crippen LogP contribution in [0.2, 0.25) is 0 Å². The van der Waals surface area contributed by atoms with Crippen LogP contribution >= 0.6 is 0 Å². The third kappa shape index (κ3) is 2.80. The Kier molecular flexibility index (Phi) is 3.56. The van der Waals surface area contributed by atoms with Crippen LogP contribution in [0.25, 0.3) is 0 Å². The molecule has 0 spiro atoms. The lowest BCUT2D eigenvalue weighted by molar-refractivity contribution is 0.156. The summed E-state index contributed by atoms with van der Waals surface area (Å²) in [5.74, 6) is 0. The number of nitrogens with one attached hydrogen (secondary N) is 1. The Labute approximate surface area is 96.4 Å². The number of aromatic nitrogens is 3. The second-order valence-corrected chi connectivity index (χ2v) is 5.02. The maximum atomic E-state index is 5.47. The molecule has 5 heteroatoms. The van der Waals surface area contributed by atoms with Crippen molar-refractivity contribution in [2.24, 2.45) is 11.1 Å². The van der Waals surface area contributed by atoms with E-state index in [1.165, 1.54) is 19.3 Å². The van der Waals surface area contributed by atoms with Crippen molar-refractivity contribution >= 4 is 0 Å². The minimum absolute atomic E-state index is 0.464. The zero-order valence-electron chi connectivity index (χ0n) is 9.95. The summed E-state index contributed by atoms with van der Waals surface area (Å²) in [6, 6.07) is 0. The van der Waals surface area contributed by atoms with Gasteiger partial charge in [0.1, 0.15) is 0 Å². The first-order valence-corrected chi connectivity index (χ1v) is 6.02. The Balaban J connectivity index is 1.64. The van der Waals surface area contributed by atoms with Gasteiger partial charge < -0.3 is 11.1 Å². The van der Waals surface area contributed by atoms with Gasteiger partial charge >= 0.3 is 0 Å². The van der Waals surface area contributed by atoms with Crippen molar-refractivity contribution in [3.8, 4) is 0 Å². The van der Waals surface area contributed by atoms with Gasteiger partial charge in [-0.25, -0.2) is 0 Å². The van der Waals surface area contributed by atoms with Gasteiger partial charge in [0.25, 0.3) is 0 Å². The molecule has 0 unspecified atom stereocenters. The van der Waals surface area contributed by atoms with Gasteiger partial charge in [0, 0.05) is 25.8 Å². The molecular formula is C11H21N5. The van der Waals surface area contributed by atoms with Crippen molar-refractivity contribution in [1.29, 1.82) is 0 Å². The molecule has 0 aliphatic heterocycles.